The van der Waals surface area contributed by atoms with E-state index in [4.69, 9.17) is 23.8 Å². The lowest BCUT2D eigenvalue weighted by Gasteiger charge is -2.12. The Morgan fingerprint density at radius 3 is 1.77 bits per heavy atom. The van der Waals surface area contributed by atoms with E-state index in [1.807, 2.05) is 78.1 Å². The predicted octanol–water partition coefficient (Wildman–Crippen LogP) is 15.8. The van der Waals surface area contributed by atoms with E-state index in [9.17, 15) is 0 Å². The number of hydrogen-bond acceptors (Lipinski definition) is 6. The maximum atomic E-state index is 6.62. The molecule has 0 radical (unpaired) electrons. The number of benzene rings is 9. The Balaban J connectivity index is 0.978. The molecule has 0 fully saturated rings. The molecule has 0 N–H and O–H groups in total. The topological polar surface area (TPSA) is 69.9 Å². The van der Waals surface area contributed by atoms with Crippen LogP contribution in [0.1, 0.15) is 0 Å². The third-order valence-corrected chi connectivity index (χ3v) is 13.8. The second-order valence-electron chi connectivity index (χ2n) is 16.3. The summed E-state index contributed by atoms with van der Waals surface area (Å²) in [5.41, 5.74) is 11.6. The predicted molar refractivity (Wildman–Crippen MR) is 263 cm³/mol. The SMILES string of the molecule is c1ccc(-c2nc(-c3ccc4c(c3)oc3ccccc34)nc(-c3cccc4oc5ccc(-c6cccc7sc8cccc(-n9c%10ccccc%10c%10ccccc%109)c8c67)cc5c34)n2)cc1. The van der Waals surface area contributed by atoms with E-state index < -0.39 is 0 Å². The van der Waals surface area contributed by atoms with E-state index in [1.165, 1.54) is 53.2 Å². The van der Waals surface area contributed by atoms with Gasteiger partial charge in [-0.1, -0.05) is 127 Å². The molecule has 0 spiro atoms. The molecule has 0 aliphatic carbocycles. The molecule has 7 heteroatoms. The highest BCUT2D eigenvalue weighted by Crippen LogP contribution is 2.46. The molecule has 0 atom stereocenters. The van der Waals surface area contributed by atoms with E-state index in [0.717, 1.165) is 66.1 Å². The summed E-state index contributed by atoms with van der Waals surface area (Å²) in [5, 5.41) is 9.06. The first-order valence-electron chi connectivity index (χ1n) is 21.3. The molecule has 64 heavy (non-hydrogen) atoms. The van der Waals surface area contributed by atoms with Gasteiger partial charge in [0.25, 0.3) is 0 Å². The maximum absolute atomic E-state index is 6.62. The molecule has 0 unspecified atom stereocenters. The lowest BCUT2D eigenvalue weighted by molar-refractivity contribution is 0.668. The van der Waals surface area contributed by atoms with Crippen molar-refractivity contribution >= 4 is 97.2 Å². The van der Waals surface area contributed by atoms with Gasteiger partial charge in [-0.05, 0) is 77.9 Å². The molecular formula is C57H32N4O2S. The molecule has 5 aromatic heterocycles. The minimum Gasteiger partial charge on any atom is -0.456 e. The van der Waals surface area contributed by atoms with E-state index in [2.05, 4.69) is 132 Å². The van der Waals surface area contributed by atoms with Gasteiger partial charge in [-0.15, -0.1) is 11.3 Å². The lowest BCUT2D eigenvalue weighted by atomic mass is 9.96. The van der Waals surface area contributed by atoms with Crippen molar-refractivity contribution < 1.29 is 8.83 Å². The maximum Gasteiger partial charge on any atom is 0.164 e. The van der Waals surface area contributed by atoms with Crippen LogP contribution in [0.25, 0.3) is 137 Å². The normalized spacial score (nSPS) is 12.1. The molecule has 298 valence electrons. The fourth-order valence-corrected chi connectivity index (χ4v) is 11.0. The Hall–Kier alpha value is -8.39. The number of furan rings is 2. The van der Waals surface area contributed by atoms with Gasteiger partial charge in [0, 0.05) is 69.2 Å². The highest BCUT2D eigenvalue weighted by atomic mass is 32.1. The number of thiophene rings is 1. The summed E-state index contributed by atoms with van der Waals surface area (Å²) in [6, 6.07) is 67.9. The zero-order chi connectivity index (χ0) is 41.9. The van der Waals surface area contributed by atoms with Crippen LogP contribution in [-0.2, 0) is 0 Å². The first kappa shape index (κ1) is 35.2. The van der Waals surface area contributed by atoms with Crippen LogP contribution in [0.4, 0.5) is 0 Å². The molecule has 14 rings (SSSR count). The molecule has 6 nitrogen and oxygen atoms in total. The molecule has 0 aliphatic heterocycles. The zero-order valence-electron chi connectivity index (χ0n) is 34.0. The van der Waals surface area contributed by atoms with Crippen molar-refractivity contribution in [2.45, 2.75) is 0 Å². The van der Waals surface area contributed by atoms with E-state index in [1.54, 1.807) is 0 Å². The minimum absolute atomic E-state index is 0.562. The number of aromatic nitrogens is 4. The summed E-state index contributed by atoms with van der Waals surface area (Å²) < 4.78 is 17.9. The second kappa shape index (κ2) is 13.6. The Kier molecular flexibility index (Phi) is 7.46. The minimum atomic E-state index is 0.562. The average molecular weight is 837 g/mol. The largest absolute Gasteiger partial charge is 0.456 e. The monoisotopic (exact) mass is 836 g/mol. The number of nitrogens with zero attached hydrogens (tertiary/aromatic N) is 4. The van der Waals surface area contributed by atoms with Crippen LogP contribution in [0, 0.1) is 0 Å². The molecule has 0 saturated heterocycles. The molecule has 0 amide bonds. The van der Waals surface area contributed by atoms with Crippen molar-refractivity contribution in [1.29, 1.82) is 0 Å². The van der Waals surface area contributed by atoms with Crippen LogP contribution in [0.15, 0.2) is 203 Å². The van der Waals surface area contributed by atoms with Crippen molar-refractivity contribution in [3.63, 3.8) is 0 Å². The summed E-state index contributed by atoms with van der Waals surface area (Å²) in [5.74, 6) is 1.71. The summed E-state index contributed by atoms with van der Waals surface area (Å²) in [6.45, 7) is 0. The standard InChI is InChI=1S/C57H32N4O2S/c1-2-13-33(14-3-1)55-58-56(35-27-29-40-39-17-6-9-23-46(39)63-49(40)32-35)60-57(59-55)41-19-10-24-48-52(41)42-31-34(28-30-47(42)62-48)36-18-11-25-50-53(36)54-45(22-12-26-51(54)64-50)61-43-20-7-4-15-37(43)38-16-5-8-21-44(38)61/h1-32H. The number of para-hydroxylation sites is 3. The van der Waals surface area contributed by atoms with E-state index in [0.29, 0.717) is 17.5 Å². The summed E-state index contributed by atoms with van der Waals surface area (Å²) in [6.07, 6.45) is 0. The Morgan fingerprint density at radius 1 is 0.344 bits per heavy atom. The molecule has 5 heterocycles. The van der Waals surface area contributed by atoms with Gasteiger partial charge in [0.05, 0.1) is 16.7 Å². The molecule has 14 aromatic rings. The van der Waals surface area contributed by atoms with E-state index in [-0.39, 0.29) is 0 Å². The highest BCUT2D eigenvalue weighted by Gasteiger charge is 2.22. The molecule has 0 aliphatic rings. The van der Waals surface area contributed by atoms with Crippen molar-refractivity contribution in [1.82, 2.24) is 19.5 Å². The van der Waals surface area contributed by atoms with Crippen LogP contribution in [-0.4, -0.2) is 19.5 Å². The van der Waals surface area contributed by atoms with Gasteiger partial charge in [0.2, 0.25) is 0 Å². The van der Waals surface area contributed by atoms with Crippen molar-refractivity contribution in [3.05, 3.63) is 194 Å². The van der Waals surface area contributed by atoms with Crippen LogP contribution in [0.5, 0.6) is 0 Å². The average Bonchev–Trinajstić information content (AvgIpc) is 4.12. The van der Waals surface area contributed by atoms with Gasteiger partial charge in [-0.3, -0.25) is 0 Å². The smallest absolute Gasteiger partial charge is 0.164 e. The van der Waals surface area contributed by atoms with Gasteiger partial charge in [-0.25, -0.2) is 15.0 Å². The van der Waals surface area contributed by atoms with Crippen molar-refractivity contribution in [2.24, 2.45) is 0 Å². The number of fused-ring (bicyclic) bond motifs is 12. The van der Waals surface area contributed by atoms with E-state index >= 15 is 0 Å². The zero-order valence-corrected chi connectivity index (χ0v) is 34.8. The van der Waals surface area contributed by atoms with Gasteiger partial charge in [0.1, 0.15) is 22.3 Å². The molecule has 9 aromatic carbocycles. The second-order valence-corrected chi connectivity index (χ2v) is 17.4. The van der Waals surface area contributed by atoms with Crippen LogP contribution in [0.2, 0.25) is 0 Å². The Bertz CT molecular complexity index is 4160. The number of hydrogen-bond donors (Lipinski definition) is 0. The molecular weight excluding hydrogens is 805 g/mol. The van der Waals surface area contributed by atoms with Gasteiger partial charge in [-0.2, -0.15) is 0 Å². The highest BCUT2D eigenvalue weighted by molar-refractivity contribution is 7.26. The fraction of sp³-hybridized carbons (Fsp3) is 0. The number of rotatable bonds is 5. The summed E-state index contributed by atoms with van der Waals surface area (Å²) in [4.78, 5) is 15.5. The van der Waals surface area contributed by atoms with Gasteiger partial charge in [0.15, 0.2) is 17.5 Å². The van der Waals surface area contributed by atoms with Gasteiger partial charge < -0.3 is 13.4 Å². The van der Waals surface area contributed by atoms with Crippen LogP contribution >= 0.6 is 11.3 Å². The Labute approximate surface area is 368 Å². The van der Waals surface area contributed by atoms with Crippen LogP contribution in [0.3, 0.4) is 0 Å². The summed E-state index contributed by atoms with van der Waals surface area (Å²) in [7, 11) is 0. The van der Waals surface area contributed by atoms with Crippen LogP contribution < -0.4 is 0 Å². The first-order chi connectivity index (χ1) is 31.7. The van der Waals surface area contributed by atoms with Gasteiger partial charge >= 0.3 is 0 Å². The lowest BCUT2D eigenvalue weighted by Crippen LogP contribution is -2.00. The first-order valence-corrected chi connectivity index (χ1v) is 22.2. The molecule has 0 bridgehead atoms. The Morgan fingerprint density at radius 2 is 0.938 bits per heavy atom. The third kappa shape index (κ3) is 5.22. The van der Waals surface area contributed by atoms with Crippen molar-refractivity contribution in [2.75, 3.05) is 0 Å². The van der Waals surface area contributed by atoms with Crippen molar-refractivity contribution in [3.8, 4) is 51.0 Å². The summed E-state index contributed by atoms with van der Waals surface area (Å²) >= 11 is 1.84. The fourth-order valence-electron chi connectivity index (χ4n) is 9.84. The third-order valence-electron chi connectivity index (χ3n) is 12.7. The quantitative estimate of drug-likeness (QED) is 0.173. The molecule has 0 saturated carbocycles.